The minimum absolute atomic E-state index is 0.895. The van der Waals surface area contributed by atoms with Gasteiger partial charge in [0.15, 0.2) is 0 Å². The lowest BCUT2D eigenvalue weighted by molar-refractivity contribution is 0.828. The number of hydrogen-bond acceptors (Lipinski definition) is 0. The summed E-state index contributed by atoms with van der Waals surface area (Å²) in [5.74, 6) is 0. The number of allylic oxidation sites excluding steroid dienone is 2. The van der Waals surface area contributed by atoms with Crippen LogP contribution in [0.4, 0.5) is 0 Å². The molecule has 0 spiro atoms. The highest BCUT2D eigenvalue weighted by Gasteiger charge is 2.26. The average Bonchev–Trinajstić information content (AvgIpc) is 0.710. The molecule has 0 amide bonds. The smallest absolute Gasteiger partial charge is 0.00139 e. The van der Waals surface area contributed by atoms with Crippen LogP contribution in [0, 0.1) is 0 Å². The summed E-state index contributed by atoms with van der Waals surface area (Å²) >= 11 is 0. The molecule has 16 rings (SSSR count). The quantitative estimate of drug-likeness (QED) is 0.0559. The van der Waals surface area contributed by atoms with Crippen molar-refractivity contribution in [3.63, 3.8) is 0 Å². The average molecular weight is 1180 g/mol. The van der Waals surface area contributed by atoms with Crippen molar-refractivity contribution in [2.45, 2.75) is 77.0 Å². The summed E-state index contributed by atoms with van der Waals surface area (Å²) in [5.41, 5.74) is 31.4. The summed E-state index contributed by atoms with van der Waals surface area (Å²) in [7, 11) is 0. The fourth-order valence-corrected chi connectivity index (χ4v) is 15.1. The van der Waals surface area contributed by atoms with Crippen LogP contribution in [0.15, 0.2) is 292 Å². The Bertz CT molecular complexity index is 4850. The van der Waals surface area contributed by atoms with Gasteiger partial charge in [0.25, 0.3) is 0 Å². The molecule has 92 heavy (non-hydrogen) atoms. The molecule has 0 saturated heterocycles. The second kappa shape index (κ2) is 24.8. The summed E-state index contributed by atoms with van der Waals surface area (Å²) < 4.78 is 0. The van der Waals surface area contributed by atoms with Gasteiger partial charge in [0.2, 0.25) is 0 Å². The number of fused-ring (bicyclic) bond motifs is 6. The standard InChI is InChI=1S/C92H74/c1-3-5-19-61-35-45-81-85(51-61)89(79-57-75(67-21-11-7-12-22-67)55-76(58-79)68-23-13-8-14-24-68)86-52-62(20-6-4-2)36-46-82(86)91(81)92-83-47-37-65(31-29-63-33-39-71-41-43-73(71)49-63)53-87(83)90(88-54-66(38-48-84(88)92)32-30-64-34-40-72-42-44-74(72)50-64)80-59-77(69-25-15-9-16-26-69)56-78(60-80)70-27-17-10-18-28-70/h3-4,7-18,21-28,33-40,45-60H,1-2,5-6,19-20,29-32,41-44H2. The van der Waals surface area contributed by atoms with E-state index in [2.05, 4.69) is 292 Å². The largest absolute Gasteiger partial charge is 0.103 e. The molecule has 14 aromatic rings. The summed E-state index contributed by atoms with van der Waals surface area (Å²) in [6.07, 6.45) is 16.3. The number of aryl methyl sites for hydroxylation is 10. The maximum absolute atomic E-state index is 4.21. The van der Waals surface area contributed by atoms with Crippen molar-refractivity contribution >= 4 is 43.1 Å². The van der Waals surface area contributed by atoms with Crippen LogP contribution in [0.1, 0.15) is 68.5 Å². The van der Waals surface area contributed by atoms with Crippen molar-refractivity contribution in [1.82, 2.24) is 0 Å². The molecule has 442 valence electrons. The zero-order chi connectivity index (χ0) is 61.5. The highest BCUT2D eigenvalue weighted by molar-refractivity contribution is 6.30. The van der Waals surface area contributed by atoms with Gasteiger partial charge < -0.3 is 0 Å². The first-order valence-corrected chi connectivity index (χ1v) is 33.5. The first-order chi connectivity index (χ1) is 45.5. The number of benzene rings is 14. The van der Waals surface area contributed by atoms with Crippen molar-refractivity contribution in [3.05, 3.63) is 348 Å². The van der Waals surface area contributed by atoms with Gasteiger partial charge in [-0.1, -0.05) is 243 Å². The van der Waals surface area contributed by atoms with Crippen LogP contribution in [-0.2, 0) is 64.2 Å². The van der Waals surface area contributed by atoms with Crippen LogP contribution in [0.3, 0.4) is 0 Å². The molecule has 0 fully saturated rings. The summed E-state index contributed by atoms with van der Waals surface area (Å²) in [5, 5.41) is 10.1. The Labute approximate surface area is 542 Å². The Balaban J connectivity index is 1.02. The molecule has 0 saturated carbocycles. The van der Waals surface area contributed by atoms with E-state index in [-0.39, 0.29) is 0 Å². The molecule has 14 aromatic carbocycles. The van der Waals surface area contributed by atoms with E-state index in [1.807, 2.05) is 0 Å². The number of hydrogen-bond donors (Lipinski definition) is 0. The van der Waals surface area contributed by atoms with Crippen LogP contribution in [0.5, 0.6) is 0 Å². The van der Waals surface area contributed by atoms with Crippen molar-refractivity contribution in [2.24, 2.45) is 0 Å². The molecular weight excluding hydrogens is 1110 g/mol. The van der Waals surface area contributed by atoms with Crippen LogP contribution in [0.2, 0.25) is 0 Å². The zero-order valence-electron chi connectivity index (χ0n) is 52.5. The molecule has 0 heteroatoms. The van der Waals surface area contributed by atoms with E-state index in [9.17, 15) is 0 Å². The Morgan fingerprint density at radius 1 is 0.207 bits per heavy atom. The minimum atomic E-state index is 0.895. The molecule has 0 radical (unpaired) electrons. The van der Waals surface area contributed by atoms with Crippen LogP contribution >= 0.6 is 0 Å². The molecule has 0 N–H and O–H groups in total. The first-order valence-electron chi connectivity index (χ1n) is 33.5. The van der Waals surface area contributed by atoms with E-state index in [1.165, 1.54) is 202 Å². The summed E-state index contributed by atoms with van der Waals surface area (Å²) in [4.78, 5) is 0. The molecular formula is C92H74. The molecule has 2 aliphatic rings. The second-order valence-corrected chi connectivity index (χ2v) is 25.9. The van der Waals surface area contributed by atoms with Gasteiger partial charge in [0, 0.05) is 0 Å². The zero-order valence-corrected chi connectivity index (χ0v) is 52.5. The van der Waals surface area contributed by atoms with E-state index >= 15 is 0 Å². The third-order valence-electron chi connectivity index (χ3n) is 20.2. The molecule has 2 aliphatic carbocycles. The van der Waals surface area contributed by atoms with E-state index in [0.717, 1.165) is 51.4 Å². The lowest BCUT2D eigenvalue weighted by atomic mass is 9.78. The Hall–Kier alpha value is -10.4. The highest BCUT2D eigenvalue weighted by Crippen LogP contribution is 2.52. The van der Waals surface area contributed by atoms with Crippen LogP contribution in [-0.4, -0.2) is 0 Å². The first kappa shape index (κ1) is 56.8. The van der Waals surface area contributed by atoms with Gasteiger partial charge in [0.05, 0.1) is 0 Å². The van der Waals surface area contributed by atoms with Gasteiger partial charge in [0.1, 0.15) is 0 Å². The van der Waals surface area contributed by atoms with Crippen molar-refractivity contribution < 1.29 is 0 Å². The summed E-state index contributed by atoms with van der Waals surface area (Å²) in [6.45, 7) is 8.43. The van der Waals surface area contributed by atoms with Crippen molar-refractivity contribution in [1.29, 1.82) is 0 Å². The van der Waals surface area contributed by atoms with Gasteiger partial charge in [-0.05, 0) is 290 Å². The second-order valence-electron chi connectivity index (χ2n) is 25.9. The molecule has 0 bridgehead atoms. The third kappa shape index (κ3) is 11.0. The molecule has 0 heterocycles. The van der Waals surface area contributed by atoms with E-state index in [4.69, 9.17) is 0 Å². The monoisotopic (exact) mass is 1180 g/mol. The predicted octanol–water partition coefficient (Wildman–Crippen LogP) is 24.0. The fourth-order valence-electron chi connectivity index (χ4n) is 15.1. The molecule has 0 aliphatic heterocycles. The highest BCUT2D eigenvalue weighted by atomic mass is 14.3. The fraction of sp³-hybridized carbons (Fsp3) is 0.130. The van der Waals surface area contributed by atoms with Crippen LogP contribution in [0.25, 0.3) is 121 Å². The van der Waals surface area contributed by atoms with Crippen molar-refractivity contribution in [3.8, 4) is 77.9 Å². The summed E-state index contributed by atoms with van der Waals surface area (Å²) in [6, 6.07) is 103. The minimum Gasteiger partial charge on any atom is -0.103 e. The van der Waals surface area contributed by atoms with E-state index in [1.54, 1.807) is 0 Å². The lowest BCUT2D eigenvalue weighted by Gasteiger charge is -2.24. The van der Waals surface area contributed by atoms with Gasteiger partial charge in [-0.15, -0.1) is 13.2 Å². The Kier molecular flexibility index (Phi) is 15.3. The van der Waals surface area contributed by atoms with E-state index < -0.39 is 0 Å². The topological polar surface area (TPSA) is 0 Å². The maximum atomic E-state index is 4.21. The SMILES string of the molecule is C=CCCc1ccc2c(-c3c4ccc(CCc5ccc6c(c5)CC6)cc4c(-c4cc(-c5ccccc5)cc(-c5ccccc5)c4)c4cc(CCc5ccc6c(c5)CC6)ccc34)c3ccc(CCC=C)cc3c(-c3cc(-c4ccccc4)cc(-c4ccccc4)c3)c2c1. The van der Waals surface area contributed by atoms with Crippen molar-refractivity contribution in [2.75, 3.05) is 0 Å². The Morgan fingerprint density at radius 3 is 0.739 bits per heavy atom. The molecule has 0 nitrogen and oxygen atoms in total. The molecule has 0 unspecified atom stereocenters. The number of rotatable bonds is 19. The van der Waals surface area contributed by atoms with Gasteiger partial charge in [-0.25, -0.2) is 0 Å². The van der Waals surface area contributed by atoms with Gasteiger partial charge >= 0.3 is 0 Å². The Morgan fingerprint density at radius 2 is 0.467 bits per heavy atom. The van der Waals surface area contributed by atoms with Crippen LogP contribution < -0.4 is 0 Å². The third-order valence-corrected chi connectivity index (χ3v) is 20.2. The molecule has 0 atom stereocenters. The predicted molar refractivity (Wildman–Crippen MR) is 394 cm³/mol. The van der Waals surface area contributed by atoms with E-state index in [0.29, 0.717) is 0 Å². The normalized spacial score (nSPS) is 12.4. The lowest BCUT2D eigenvalue weighted by Crippen LogP contribution is -2.08. The van der Waals surface area contributed by atoms with Gasteiger partial charge in [-0.2, -0.15) is 0 Å². The maximum Gasteiger partial charge on any atom is -0.00139 e. The molecule has 0 aromatic heterocycles. The van der Waals surface area contributed by atoms with Gasteiger partial charge in [-0.3, -0.25) is 0 Å².